The van der Waals surface area contributed by atoms with E-state index >= 15 is 0 Å². The van der Waals surface area contributed by atoms with Gasteiger partial charge in [0.2, 0.25) is 0 Å². The van der Waals surface area contributed by atoms with Crippen LogP contribution in [0, 0.1) is 5.92 Å². The summed E-state index contributed by atoms with van der Waals surface area (Å²) in [5, 5.41) is 0. The first kappa shape index (κ1) is 13.9. The Morgan fingerprint density at radius 2 is 1.86 bits per heavy atom. The maximum absolute atomic E-state index is 5.47. The molecular formula is C12H26O2. The van der Waals surface area contributed by atoms with Gasteiger partial charge in [0.15, 0.2) is 0 Å². The van der Waals surface area contributed by atoms with E-state index < -0.39 is 0 Å². The second kappa shape index (κ2) is 9.47. The smallest absolute Gasteiger partial charge is 0.147 e. The lowest BCUT2D eigenvalue weighted by molar-refractivity contribution is -0.0880. The summed E-state index contributed by atoms with van der Waals surface area (Å²) in [6.45, 7) is 9.81. The molecule has 0 aromatic carbocycles. The predicted octanol–water partition coefficient (Wildman–Crippen LogP) is 3.60. The molecule has 14 heavy (non-hydrogen) atoms. The molecule has 0 aliphatic heterocycles. The lowest BCUT2D eigenvalue weighted by Gasteiger charge is -2.15. The van der Waals surface area contributed by atoms with Gasteiger partial charge in [0.1, 0.15) is 6.79 Å². The highest BCUT2D eigenvalue weighted by atomic mass is 16.7. The predicted molar refractivity (Wildman–Crippen MR) is 60.3 cm³/mol. The van der Waals surface area contributed by atoms with Crippen LogP contribution in [0.15, 0.2) is 0 Å². The second-order valence-corrected chi connectivity index (χ2v) is 4.12. The molecule has 0 spiro atoms. The molecule has 0 amide bonds. The molecule has 0 rings (SSSR count). The molecule has 0 fully saturated rings. The Hall–Kier alpha value is -0.0800. The molecule has 0 aliphatic rings. The maximum Gasteiger partial charge on any atom is 0.147 e. The molecule has 1 atom stereocenters. The Balaban J connectivity index is 3.33. The van der Waals surface area contributed by atoms with Crippen molar-refractivity contribution in [3.8, 4) is 0 Å². The van der Waals surface area contributed by atoms with Gasteiger partial charge in [-0.2, -0.15) is 0 Å². The zero-order chi connectivity index (χ0) is 10.8. The summed E-state index contributed by atoms with van der Waals surface area (Å²) in [4.78, 5) is 0. The topological polar surface area (TPSA) is 18.5 Å². The Morgan fingerprint density at radius 3 is 2.36 bits per heavy atom. The van der Waals surface area contributed by atoms with Gasteiger partial charge in [0.05, 0.1) is 12.7 Å². The van der Waals surface area contributed by atoms with Crippen LogP contribution < -0.4 is 0 Å². The lowest BCUT2D eigenvalue weighted by Crippen LogP contribution is -2.13. The highest BCUT2D eigenvalue weighted by Gasteiger charge is 2.05. The van der Waals surface area contributed by atoms with E-state index in [9.17, 15) is 0 Å². The van der Waals surface area contributed by atoms with Crippen molar-refractivity contribution in [2.75, 3.05) is 13.4 Å². The summed E-state index contributed by atoms with van der Waals surface area (Å²) in [6.07, 6.45) is 5.35. The van der Waals surface area contributed by atoms with E-state index in [1.165, 1.54) is 25.7 Å². The molecule has 0 bridgehead atoms. The molecule has 0 N–H and O–H groups in total. The van der Waals surface area contributed by atoms with Gasteiger partial charge in [-0.15, -0.1) is 0 Å². The normalized spacial score (nSPS) is 13.5. The first-order valence-electron chi connectivity index (χ1n) is 5.90. The molecule has 0 aliphatic carbocycles. The monoisotopic (exact) mass is 202 g/mol. The van der Waals surface area contributed by atoms with Crippen LogP contribution in [-0.4, -0.2) is 19.5 Å². The van der Waals surface area contributed by atoms with Crippen molar-refractivity contribution in [1.82, 2.24) is 0 Å². The summed E-state index contributed by atoms with van der Waals surface area (Å²) in [5.74, 6) is 0.714. The van der Waals surface area contributed by atoms with Crippen LogP contribution in [0.2, 0.25) is 0 Å². The zero-order valence-corrected chi connectivity index (χ0v) is 10.2. The van der Waals surface area contributed by atoms with Gasteiger partial charge in [-0.1, -0.05) is 33.1 Å². The van der Waals surface area contributed by atoms with Crippen LogP contribution in [0.1, 0.15) is 53.4 Å². The van der Waals surface area contributed by atoms with Gasteiger partial charge in [0, 0.05) is 0 Å². The highest BCUT2D eigenvalue weighted by molar-refractivity contribution is 4.55. The molecule has 0 saturated carbocycles. The van der Waals surface area contributed by atoms with Crippen LogP contribution in [0.5, 0.6) is 0 Å². The van der Waals surface area contributed by atoms with Gasteiger partial charge < -0.3 is 9.47 Å². The first-order valence-corrected chi connectivity index (χ1v) is 5.90. The standard InChI is InChI=1S/C12H26O2/c1-5-7-8-12(6-2)9-13-10-14-11(3)4/h11-12H,5-10H2,1-4H3. The van der Waals surface area contributed by atoms with Gasteiger partial charge in [-0.05, 0) is 26.2 Å². The van der Waals surface area contributed by atoms with E-state index in [1.807, 2.05) is 13.8 Å². The van der Waals surface area contributed by atoms with Crippen molar-refractivity contribution in [2.45, 2.75) is 59.5 Å². The van der Waals surface area contributed by atoms with Gasteiger partial charge in [0.25, 0.3) is 0 Å². The van der Waals surface area contributed by atoms with Crippen LogP contribution in [0.25, 0.3) is 0 Å². The maximum atomic E-state index is 5.47. The summed E-state index contributed by atoms with van der Waals surface area (Å²) >= 11 is 0. The second-order valence-electron chi connectivity index (χ2n) is 4.12. The minimum atomic E-state index is 0.269. The average Bonchev–Trinajstić information content (AvgIpc) is 2.16. The van der Waals surface area contributed by atoms with Crippen LogP contribution >= 0.6 is 0 Å². The van der Waals surface area contributed by atoms with E-state index in [0.29, 0.717) is 12.7 Å². The first-order chi connectivity index (χ1) is 6.70. The quantitative estimate of drug-likeness (QED) is 0.420. The van der Waals surface area contributed by atoms with Crippen molar-refractivity contribution in [3.05, 3.63) is 0 Å². The molecule has 86 valence electrons. The summed E-state index contributed by atoms with van der Waals surface area (Å²) in [5.41, 5.74) is 0. The van der Waals surface area contributed by atoms with E-state index in [0.717, 1.165) is 6.61 Å². The number of unbranched alkanes of at least 4 members (excludes halogenated alkanes) is 1. The summed E-state index contributed by atoms with van der Waals surface area (Å²) in [6, 6.07) is 0. The fourth-order valence-corrected chi connectivity index (χ4v) is 1.30. The average molecular weight is 202 g/mol. The van der Waals surface area contributed by atoms with Crippen molar-refractivity contribution >= 4 is 0 Å². The fourth-order valence-electron chi connectivity index (χ4n) is 1.30. The van der Waals surface area contributed by atoms with Crippen LogP contribution in [0.3, 0.4) is 0 Å². The van der Waals surface area contributed by atoms with Crippen molar-refractivity contribution < 1.29 is 9.47 Å². The SMILES string of the molecule is CCCCC(CC)COCOC(C)C. The molecule has 0 aromatic rings. The largest absolute Gasteiger partial charge is 0.355 e. The molecule has 0 aromatic heterocycles. The Kier molecular flexibility index (Phi) is 9.42. The van der Waals surface area contributed by atoms with E-state index in [-0.39, 0.29) is 6.10 Å². The van der Waals surface area contributed by atoms with Crippen molar-refractivity contribution in [1.29, 1.82) is 0 Å². The van der Waals surface area contributed by atoms with Gasteiger partial charge >= 0.3 is 0 Å². The van der Waals surface area contributed by atoms with Gasteiger partial charge in [-0.25, -0.2) is 0 Å². The molecule has 2 nitrogen and oxygen atoms in total. The Bertz CT molecular complexity index is 113. The van der Waals surface area contributed by atoms with E-state index in [2.05, 4.69) is 13.8 Å². The number of hydrogen-bond acceptors (Lipinski definition) is 2. The third kappa shape index (κ3) is 8.52. The van der Waals surface area contributed by atoms with Crippen LogP contribution in [-0.2, 0) is 9.47 Å². The number of hydrogen-bond donors (Lipinski definition) is 0. The molecule has 0 radical (unpaired) electrons. The minimum Gasteiger partial charge on any atom is -0.355 e. The van der Waals surface area contributed by atoms with Crippen molar-refractivity contribution in [2.24, 2.45) is 5.92 Å². The molecule has 1 unspecified atom stereocenters. The molecular weight excluding hydrogens is 176 g/mol. The Morgan fingerprint density at radius 1 is 1.14 bits per heavy atom. The third-order valence-electron chi connectivity index (χ3n) is 2.38. The van der Waals surface area contributed by atoms with Crippen LogP contribution in [0.4, 0.5) is 0 Å². The summed E-state index contributed by atoms with van der Waals surface area (Å²) < 4.78 is 10.8. The van der Waals surface area contributed by atoms with Crippen molar-refractivity contribution in [3.63, 3.8) is 0 Å². The number of ether oxygens (including phenoxy) is 2. The molecule has 0 saturated heterocycles. The van der Waals surface area contributed by atoms with E-state index in [4.69, 9.17) is 9.47 Å². The third-order valence-corrected chi connectivity index (χ3v) is 2.38. The number of rotatable bonds is 9. The van der Waals surface area contributed by atoms with Gasteiger partial charge in [-0.3, -0.25) is 0 Å². The Labute approximate surface area is 89.0 Å². The summed E-state index contributed by atoms with van der Waals surface area (Å²) in [7, 11) is 0. The molecule has 2 heteroatoms. The highest BCUT2D eigenvalue weighted by Crippen LogP contribution is 2.12. The zero-order valence-electron chi connectivity index (χ0n) is 10.2. The minimum absolute atomic E-state index is 0.269. The van der Waals surface area contributed by atoms with E-state index in [1.54, 1.807) is 0 Å². The fraction of sp³-hybridized carbons (Fsp3) is 1.00. The lowest BCUT2D eigenvalue weighted by atomic mass is 10.0. The molecule has 0 heterocycles.